The minimum atomic E-state index is -0.919. The van der Waals surface area contributed by atoms with Gasteiger partial charge in [0.05, 0.1) is 0 Å². The summed E-state index contributed by atoms with van der Waals surface area (Å²) in [5, 5.41) is 11.1. The lowest BCUT2D eigenvalue weighted by molar-refractivity contribution is -0.152. The Balaban J connectivity index is 1.57. The largest absolute Gasteiger partial charge is 0.382 e. The lowest BCUT2D eigenvalue weighted by atomic mass is 9.85. The first-order valence-electron chi connectivity index (χ1n) is 8.22. The van der Waals surface area contributed by atoms with Gasteiger partial charge in [-0.2, -0.15) is 0 Å². The number of imidazole rings is 1. The van der Waals surface area contributed by atoms with E-state index >= 15 is 0 Å². The number of amides is 1. The predicted molar refractivity (Wildman–Crippen MR) is 79.0 cm³/mol. The molecule has 22 heavy (non-hydrogen) atoms. The molecule has 1 amide bonds. The van der Waals surface area contributed by atoms with Gasteiger partial charge < -0.3 is 19.3 Å². The Kier molecular flexibility index (Phi) is 3.27. The minimum Gasteiger partial charge on any atom is -0.382 e. The molecule has 0 spiro atoms. The van der Waals surface area contributed by atoms with Crippen molar-refractivity contribution in [3.63, 3.8) is 0 Å². The summed E-state index contributed by atoms with van der Waals surface area (Å²) >= 11 is 0. The molecule has 4 atom stereocenters. The number of rotatable bonds is 2. The van der Waals surface area contributed by atoms with Crippen LogP contribution in [-0.4, -0.2) is 50.3 Å². The van der Waals surface area contributed by atoms with Gasteiger partial charge in [0, 0.05) is 51.0 Å². The van der Waals surface area contributed by atoms with Gasteiger partial charge in [-0.3, -0.25) is 4.79 Å². The summed E-state index contributed by atoms with van der Waals surface area (Å²) in [6, 6.07) is 0.217. The van der Waals surface area contributed by atoms with Crippen LogP contribution < -0.4 is 0 Å². The molecule has 1 aromatic heterocycles. The summed E-state index contributed by atoms with van der Waals surface area (Å²) in [5.41, 5.74) is -0.919. The maximum atomic E-state index is 12.7. The van der Waals surface area contributed by atoms with Gasteiger partial charge in [0.15, 0.2) is 0 Å². The third-order valence-corrected chi connectivity index (χ3v) is 5.46. The van der Waals surface area contributed by atoms with Gasteiger partial charge in [0.2, 0.25) is 0 Å². The molecular formula is C16H23N3O3. The molecule has 3 aliphatic rings. The molecule has 1 N–H and O–H groups in total. The van der Waals surface area contributed by atoms with E-state index in [0.29, 0.717) is 25.3 Å². The van der Waals surface area contributed by atoms with Crippen molar-refractivity contribution in [3.05, 3.63) is 18.2 Å². The van der Waals surface area contributed by atoms with Crippen molar-refractivity contribution in [3.8, 4) is 0 Å². The Morgan fingerprint density at radius 3 is 2.64 bits per heavy atom. The Labute approximate surface area is 130 Å². The fraction of sp³-hybridized carbons (Fsp3) is 0.750. The summed E-state index contributed by atoms with van der Waals surface area (Å²) in [5.74, 6) is 0.848. The zero-order chi connectivity index (χ0) is 15.3. The van der Waals surface area contributed by atoms with Crippen LogP contribution in [-0.2, 0) is 22.2 Å². The van der Waals surface area contributed by atoms with Crippen molar-refractivity contribution in [2.45, 2.75) is 62.3 Å². The van der Waals surface area contributed by atoms with Crippen molar-refractivity contribution >= 4 is 5.91 Å². The van der Waals surface area contributed by atoms with E-state index < -0.39 is 5.60 Å². The number of carbonyl (C=O) groups excluding carboxylic acids is 1. The van der Waals surface area contributed by atoms with Crippen LogP contribution in [0, 0.1) is 0 Å². The van der Waals surface area contributed by atoms with Crippen molar-refractivity contribution < 1.29 is 14.6 Å². The van der Waals surface area contributed by atoms with Crippen molar-refractivity contribution in [1.82, 2.24) is 14.5 Å². The number of carbonyl (C=O) groups is 1. The van der Waals surface area contributed by atoms with E-state index in [1.807, 2.05) is 22.7 Å². The van der Waals surface area contributed by atoms with Crippen LogP contribution in [0.5, 0.6) is 0 Å². The maximum Gasteiger partial charge on any atom is 0.252 e. The van der Waals surface area contributed by atoms with Crippen LogP contribution in [0.4, 0.5) is 0 Å². The van der Waals surface area contributed by atoms with E-state index in [4.69, 9.17) is 4.74 Å². The monoisotopic (exact) mass is 305 g/mol. The topological polar surface area (TPSA) is 67.6 Å². The Hall–Kier alpha value is -1.40. The van der Waals surface area contributed by atoms with Gasteiger partial charge in [-0.25, -0.2) is 4.98 Å². The SMILES string of the molecule is Cn1ccnc1C1(O)C[C@H]2CC[C@@H](C1)N2C(=O)[C@@H]1CCCO1. The molecule has 6 heteroatoms. The highest BCUT2D eigenvalue weighted by atomic mass is 16.5. The van der Waals surface area contributed by atoms with Crippen molar-refractivity contribution in [2.75, 3.05) is 6.61 Å². The molecule has 2 bridgehead atoms. The maximum absolute atomic E-state index is 12.7. The smallest absolute Gasteiger partial charge is 0.252 e. The fourth-order valence-corrected chi connectivity index (χ4v) is 4.52. The van der Waals surface area contributed by atoms with Crippen LogP contribution in [0.25, 0.3) is 0 Å². The highest BCUT2D eigenvalue weighted by Crippen LogP contribution is 2.45. The molecule has 120 valence electrons. The summed E-state index contributed by atoms with van der Waals surface area (Å²) in [6.45, 7) is 0.691. The van der Waals surface area contributed by atoms with Gasteiger partial charge in [-0.15, -0.1) is 0 Å². The van der Waals surface area contributed by atoms with Gasteiger partial charge in [-0.05, 0) is 25.7 Å². The predicted octanol–water partition coefficient (Wildman–Crippen LogP) is 0.940. The number of aliphatic hydroxyl groups is 1. The summed E-state index contributed by atoms with van der Waals surface area (Å²) in [7, 11) is 1.91. The second-order valence-electron chi connectivity index (χ2n) is 6.93. The normalized spacial score (nSPS) is 37.7. The number of piperidine rings is 1. The number of nitrogens with zero attached hydrogens (tertiary/aromatic N) is 3. The molecule has 0 radical (unpaired) electrons. The molecule has 3 aliphatic heterocycles. The average molecular weight is 305 g/mol. The molecule has 1 aromatic rings. The Bertz CT molecular complexity index is 565. The standard InChI is InChI=1S/C16H23N3O3/c1-18-7-6-17-15(18)16(21)9-11-4-5-12(10-16)19(11)14(20)13-3-2-8-22-13/h6-7,11-13,21H,2-5,8-10H2,1H3/t11-,12+,13-,16?/m0/s1. The quantitative estimate of drug-likeness (QED) is 0.883. The van der Waals surface area contributed by atoms with Gasteiger partial charge in [0.25, 0.3) is 5.91 Å². The molecule has 4 heterocycles. The first-order chi connectivity index (χ1) is 10.6. The summed E-state index contributed by atoms with van der Waals surface area (Å²) in [6.07, 6.45) is 8.21. The van der Waals surface area contributed by atoms with E-state index in [1.54, 1.807) is 6.20 Å². The molecule has 0 saturated carbocycles. The van der Waals surface area contributed by atoms with E-state index in [9.17, 15) is 9.90 Å². The molecule has 3 fully saturated rings. The first-order valence-corrected chi connectivity index (χ1v) is 8.22. The molecule has 4 rings (SSSR count). The number of hydrogen-bond acceptors (Lipinski definition) is 4. The molecule has 0 aliphatic carbocycles. The van der Waals surface area contributed by atoms with Crippen LogP contribution in [0.2, 0.25) is 0 Å². The lowest BCUT2D eigenvalue weighted by Gasteiger charge is -2.44. The zero-order valence-electron chi connectivity index (χ0n) is 12.9. The Morgan fingerprint density at radius 2 is 2.09 bits per heavy atom. The molecular weight excluding hydrogens is 282 g/mol. The van der Waals surface area contributed by atoms with Gasteiger partial charge >= 0.3 is 0 Å². The van der Waals surface area contributed by atoms with Crippen LogP contribution in [0.1, 0.15) is 44.3 Å². The number of aryl methyl sites for hydroxylation is 1. The van der Waals surface area contributed by atoms with Crippen LogP contribution in [0.15, 0.2) is 12.4 Å². The van der Waals surface area contributed by atoms with Gasteiger partial charge in [-0.1, -0.05) is 0 Å². The number of ether oxygens (including phenoxy) is 1. The minimum absolute atomic E-state index is 0.108. The summed E-state index contributed by atoms with van der Waals surface area (Å²) in [4.78, 5) is 19.1. The second-order valence-corrected chi connectivity index (χ2v) is 6.93. The molecule has 6 nitrogen and oxygen atoms in total. The van der Waals surface area contributed by atoms with E-state index in [1.165, 1.54) is 0 Å². The van der Waals surface area contributed by atoms with E-state index in [-0.39, 0.29) is 24.1 Å². The highest BCUT2D eigenvalue weighted by molar-refractivity contribution is 5.82. The third kappa shape index (κ3) is 2.08. The third-order valence-electron chi connectivity index (χ3n) is 5.46. The van der Waals surface area contributed by atoms with Crippen LogP contribution >= 0.6 is 0 Å². The van der Waals surface area contributed by atoms with Crippen molar-refractivity contribution in [2.24, 2.45) is 7.05 Å². The number of hydrogen-bond donors (Lipinski definition) is 1. The van der Waals surface area contributed by atoms with E-state index in [2.05, 4.69) is 4.98 Å². The fourth-order valence-electron chi connectivity index (χ4n) is 4.52. The lowest BCUT2D eigenvalue weighted by Crippen LogP contribution is -2.55. The number of aromatic nitrogens is 2. The molecule has 0 aromatic carbocycles. The molecule has 1 unspecified atom stereocenters. The number of fused-ring (bicyclic) bond motifs is 2. The molecule has 3 saturated heterocycles. The average Bonchev–Trinajstić information content (AvgIpc) is 3.19. The zero-order valence-corrected chi connectivity index (χ0v) is 12.9. The van der Waals surface area contributed by atoms with Crippen molar-refractivity contribution in [1.29, 1.82) is 0 Å². The van der Waals surface area contributed by atoms with E-state index in [0.717, 1.165) is 25.7 Å². The second kappa shape index (κ2) is 5.06. The first kappa shape index (κ1) is 14.2. The van der Waals surface area contributed by atoms with Crippen LogP contribution in [0.3, 0.4) is 0 Å². The Morgan fingerprint density at radius 1 is 1.36 bits per heavy atom. The summed E-state index contributed by atoms with van der Waals surface area (Å²) < 4.78 is 7.45. The highest BCUT2D eigenvalue weighted by Gasteiger charge is 2.52. The van der Waals surface area contributed by atoms with Gasteiger partial charge in [0.1, 0.15) is 17.5 Å².